The van der Waals surface area contributed by atoms with E-state index < -0.39 is 11.9 Å². The molecule has 0 radical (unpaired) electrons. The van der Waals surface area contributed by atoms with E-state index in [0.29, 0.717) is 31.2 Å². The largest absolute Gasteiger partial charge is 0.481 e. The third-order valence-corrected chi connectivity index (χ3v) is 4.83. The molecule has 1 aliphatic heterocycles. The SMILES string of the molecule is CCN1CCC(CNC(=O)[C@H]2CC(C)C[C@H]2C(=O)O)C1. The number of carboxylic acids is 1. The number of hydrogen-bond acceptors (Lipinski definition) is 3. The number of carbonyl (C=O) groups excluding carboxylic acids is 1. The second-order valence-electron chi connectivity index (χ2n) is 6.42. The van der Waals surface area contributed by atoms with E-state index in [1.54, 1.807) is 0 Å². The maximum absolute atomic E-state index is 12.2. The molecule has 2 fully saturated rings. The first-order valence-corrected chi connectivity index (χ1v) is 7.74. The van der Waals surface area contributed by atoms with Crippen LogP contribution >= 0.6 is 0 Å². The Kier molecular flexibility index (Phi) is 5.02. The van der Waals surface area contributed by atoms with Crippen molar-refractivity contribution in [3.63, 3.8) is 0 Å². The van der Waals surface area contributed by atoms with Crippen LogP contribution in [0.25, 0.3) is 0 Å². The summed E-state index contributed by atoms with van der Waals surface area (Å²) in [5, 5.41) is 12.2. The summed E-state index contributed by atoms with van der Waals surface area (Å²) in [5.74, 6) is -0.883. The summed E-state index contributed by atoms with van der Waals surface area (Å²) in [5.41, 5.74) is 0. The Bertz CT molecular complexity index is 372. The molecule has 1 amide bonds. The van der Waals surface area contributed by atoms with Crippen LogP contribution in [0, 0.1) is 23.7 Å². The number of nitrogens with one attached hydrogen (secondary N) is 1. The summed E-state index contributed by atoms with van der Waals surface area (Å²) in [6.45, 7) is 8.07. The Morgan fingerprint density at radius 2 is 2.00 bits per heavy atom. The van der Waals surface area contributed by atoms with Crippen molar-refractivity contribution in [3.8, 4) is 0 Å². The molecule has 114 valence electrons. The highest BCUT2D eigenvalue weighted by Crippen LogP contribution is 2.36. The van der Waals surface area contributed by atoms with E-state index >= 15 is 0 Å². The van der Waals surface area contributed by atoms with Gasteiger partial charge in [-0.25, -0.2) is 0 Å². The second-order valence-corrected chi connectivity index (χ2v) is 6.42. The lowest BCUT2D eigenvalue weighted by molar-refractivity contribution is -0.146. The monoisotopic (exact) mass is 282 g/mol. The van der Waals surface area contributed by atoms with Gasteiger partial charge in [-0.2, -0.15) is 0 Å². The minimum Gasteiger partial charge on any atom is -0.481 e. The van der Waals surface area contributed by atoms with Crippen LogP contribution in [0.5, 0.6) is 0 Å². The summed E-state index contributed by atoms with van der Waals surface area (Å²) in [4.78, 5) is 25.8. The molecule has 1 heterocycles. The number of nitrogens with zero attached hydrogens (tertiary/aromatic N) is 1. The molecular formula is C15H26N2O3. The van der Waals surface area contributed by atoms with E-state index in [1.807, 2.05) is 6.92 Å². The van der Waals surface area contributed by atoms with Gasteiger partial charge in [0.05, 0.1) is 11.8 Å². The first-order valence-electron chi connectivity index (χ1n) is 7.74. The van der Waals surface area contributed by atoms with E-state index in [-0.39, 0.29) is 11.8 Å². The van der Waals surface area contributed by atoms with Crippen LogP contribution in [0.2, 0.25) is 0 Å². The van der Waals surface area contributed by atoms with Crippen LogP contribution in [0.4, 0.5) is 0 Å². The fourth-order valence-corrected chi connectivity index (χ4v) is 3.60. The van der Waals surface area contributed by atoms with E-state index in [0.717, 1.165) is 26.1 Å². The molecule has 0 aromatic heterocycles. The fourth-order valence-electron chi connectivity index (χ4n) is 3.60. The van der Waals surface area contributed by atoms with E-state index in [2.05, 4.69) is 17.1 Å². The summed E-state index contributed by atoms with van der Waals surface area (Å²) in [6.07, 6.45) is 2.45. The maximum Gasteiger partial charge on any atom is 0.307 e. The number of amides is 1. The molecule has 0 aromatic rings. The van der Waals surface area contributed by atoms with Crippen molar-refractivity contribution in [2.24, 2.45) is 23.7 Å². The van der Waals surface area contributed by atoms with Crippen molar-refractivity contribution in [2.75, 3.05) is 26.2 Å². The molecule has 0 aromatic carbocycles. The molecule has 2 rings (SSSR count). The normalized spacial score (nSPS) is 34.3. The van der Waals surface area contributed by atoms with Gasteiger partial charge in [-0.15, -0.1) is 0 Å². The van der Waals surface area contributed by atoms with Crippen LogP contribution < -0.4 is 5.32 Å². The van der Waals surface area contributed by atoms with Gasteiger partial charge in [0.2, 0.25) is 5.91 Å². The van der Waals surface area contributed by atoms with E-state index in [4.69, 9.17) is 0 Å². The van der Waals surface area contributed by atoms with Crippen molar-refractivity contribution in [1.82, 2.24) is 10.2 Å². The number of rotatable bonds is 5. The van der Waals surface area contributed by atoms with E-state index in [9.17, 15) is 14.7 Å². The third-order valence-electron chi connectivity index (χ3n) is 4.83. The van der Waals surface area contributed by atoms with Gasteiger partial charge < -0.3 is 15.3 Å². The summed E-state index contributed by atoms with van der Waals surface area (Å²) >= 11 is 0. The molecule has 4 atom stereocenters. The molecule has 2 unspecified atom stereocenters. The van der Waals surface area contributed by atoms with Crippen LogP contribution in [0.3, 0.4) is 0 Å². The highest BCUT2D eigenvalue weighted by atomic mass is 16.4. The minimum absolute atomic E-state index is 0.0586. The predicted octanol–water partition coefficient (Wildman–Crippen LogP) is 1.19. The van der Waals surface area contributed by atoms with Gasteiger partial charge in [0, 0.05) is 13.1 Å². The lowest BCUT2D eigenvalue weighted by Gasteiger charge is -2.18. The average Bonchev–Trinajstić information content (AvgIpc) is 3.02. The Hall–Kier alpha value is -1.10. The molecule has 0 spiro atoms. The number of carbonyl (C=O) groups is 2. The zero-order chi connectivity index (χ0) is 14.7. The highest BCUT2D eigenvalue weighted by molar-refractivity contribution is 5.85. The molecule has 1 aliphatic carbocycles. The van der Waals surface area contributed by atoms with Crippen molar-refractivity contribution >= 4 is 11.9 Å². The molecule has 1 saturated heterocycles. The Morgan fingerprint density at radius 1 is 1.30 bits per heavy atom. The third kappa shape index (κ3) is 3.51. The van der Waals surface area contributed by atoms with Crippen LogP contribution in [0.1, 0.15) is 33.1 Å². The first-order chi connectivity index (χ1) is 9.51. The molecule has 5 heteroatoms. The summed E-state index contributed by atoms with van der Waals surface area (Å²) in [7, 11) is 0. The topological polar surface area (TPSA) is 69.6 Å². The second kappa shape index (κ2) is 6.57. The van der Waals surface area contributed by atoms with Crippen LogP contribution in [-0.2, 0) is 9.59 Å². The minimum atomic E-state index is -0.826. The van der Waals surface area contributed by atoms with Gasteiger partial charge >= 0.3 is 5.97 Å². The number of carboxylic acid groups (broad SMARTS) is 1. The number of likely N-dealkylation sites (tertiary alicyclic amines) is 1. The molecule has 20 heavy (non-hydrogen) atoms. The molecule has 0 bridgehead atoms. The van der Waals surface area contributed by atoms with Gasteiger partial charge in [0.1, 0.15) is 0 Å². The highest BCUT2D eigenvalue weighted by Gasteiger charge is 2.41. The molecule has 2 N–H and O–H groups in total. The first kappa shape index (κ1) is 15.3. The van der Waals surface area contributed by atoms with Gasteiger partial charge in [-0.3, -0.25) is 9.59 Å². The van der Waals surface area contributed by atoms with Crippen molar-refractivity contribution in [2.45, 2.75) is 33.1 Å². The lowest BCUT2D eigenvalue weighted by Crippen LogP contribution is -2.38. The molecule has 2 aliphatic rings. The molecule has 1 saturated carbocycles. The fraction of sp³-hybridized carbons (Fsp3) is 0.867. The smallest absolute Gasteiger partial charge is 0.307 e. The van der Waals surface area contributed by atoms with Gasteiger partial charge in [0.15, 0.2) is 0 Å². The standard InChI is InChI=1S/C15H26N2O3/c1-3-17-5-4-11(9-17)8-16-14(18)12-6-10(2)7-13(12)15(19)20/h10-13H,3-9H2,1-2H3,(H,16,18)(H,19,20)/t10?,11?,12-,13+/m0/s1. The van der Waals surface area contributed by atoms with Crippen molar-refractivity contribution in [1.29, 1.82) is 0 Å². The number of aliphatic carboxylic acids is 1. The van der Waals surface area contributed by atoms with Crippen molar-refractivity contribution < 1.29 is 14.7 Å². The molecule has 5 nitrogen and oxygen atoms in total. The Balaban J connectivity index is 1.81. The average molecular weight is 282 g/mol. The lowest BCUT2D eigenvalue weighted by atomic mass is 9.95. The zero-order valence-corrected chi connectivity index (χ0v) is 12.5. The van der Waals surface area contributed by atoms with Gasteiger partial charge in [-0.1, -0.05) is 13.8 Å². The molecular weight excluding hydrogens is 256 g/mol. The summed E-state index contributed by atoms with van der Waals surface area (Å²) in [6, 6.07) is 0. The van der Waals surface area contributed by atoms with Gasteiger partial charge in [-0.05, 0) is 44.2 Å². The van der Waals surface area contributed by atoms with Crippen molar-refractivity contribution in [3.05, 3.63) is 0 Å². The van der Waals surface area contributed by atoms with Gasteiger partial charge in [0.25, 0.3) is 0 Å². The zero-order valence-electron chi connectivity index (χ0n) is 12.5. The summed E-state index contributed by atoms with van der Waals surface area (Å²) < 4.78 is 0. The van der Waals surface area contributed by atoms with Crippen LogP contribution in [0.15, 0.2) is 0 Å². The maximum atomic E-state index is 12.2. The quantitative estimate of drug-likeness (QED) is 0.795. The Labute approximate surface area is 120 Å². The predicted molar refractivity (Wildman–Crippen MR) is 76.2 cm³/mol. The van der Waals surface area contributed by atoms with E-state index in [1.165, 1.54) is 0 Å². The number of hydrogen-bond donors (Lipinski definition) is 2. The Morgan fingerprint density at radius 3 is 2.60 bits per heavy atom. The van der Waals surface area contributed by atoms with Crippen LogP contribution in [-0.4, -0.2) is 48.1 Å².